The minimum atomic E-state index is -1.33. The van der Waals surface area contributed by atoms with E-state index in [1.165, 1.54) is 6.92 Å². The lowest BCUT2D eigenvalue weighted by Crippen LogP contribution is -2.35. The molecule has 4 atom stereocenters. The van der Waals surface area contributed by atoms with Crippen molar-refractivity contribution in [2.45, 2.75) is 31.5 Å². The number of halogens is 1. The van der Waals surface area contributed by atoms with Crippen molar-refractivity contribution in [2.24, 2.45) is 0 Å². The summed E-state index contributed by atoms with van der Waals surface area (Å²) in [7, 11) is 0. The maximum absolute atomic E-state index is 13.2. The van der Waals surface area contributed by atoms with Gasteiger partial charge >= 0.3 is 5.69 Å². The Bertz CT molecular complexity index is 492. The highest BCUT2D eigenvalue weighted by atomic mass is 19.1. The van der Waals surface area contributed by atoms with Gasteiger partial charge in [0.25, 0.3) is 0 Å². The second-order valence-corrected chi connectivity index (χ2v) is 3.88. The van der Waals surface area contributed by atoms with E-state index < -0.39 is 41.9 Å². The van der Waals surface area contributed by atoms with Gasteiger partial charge in [0.1, 0.15) is 12.2 Å². The van der Waals surface area contributed by atoms with Crippen LogP contribution in [0.5, 0.6) is 0 Å². The molecule has 0 saturated carbocycles. The first kappa shape index (κ1) is 12.0. The monoisotopic (exact) mass is 248 g/mol. The summed E-state index contributed by atoms with van der Waals surface area (Å²) < 4.78 is 19.1. The molecular weight excluding hydrogens is 236 g/mol. The molecule has 0 aliphatic carbocycles. The Kier molecular flexibility index (Phi) is 2.86. The quantitative estimate of drug-likeness (QED) is 0.564. The zero-order valence-corrected chi connectivity index (χ0v) is 8.95. The highest BCUT2D eigenvalue weighted by Crippen LogP contribution is 2.28. The molecule has 0 spiro atoms. The van der Waals surface area contributed by atoms with Crippen molar-refractivity contribution in [1.29, 1.82) is 0 Å². The largest absolute Gasteiger partial charge is 0.388 e. The van der Waals surface area contributed by atoms with Crippen molar-refractivity contribution in [3.8, 4) is 0 Å². The van der Waals surface area contributed by atoms with Gasteiger partial charge in [-0.25, -0.2) is 9.18 Å². The summed E-state index contributed by atoms with van der Waals surface area (Å²) >= 11 is 0. The van der Waals surface area contributed by atoms with Crippen molar-refractivity contribution in [1.82, 2.24) is 9.55 Å². The summed E-state index contributed by atoms with van der Waals surface area (Å²) in [5.41, 5.74) is 4.27. The van der Waals surface area contributed by atoms with Crippen LogP contribution in [0.15, 0.2) is 11.0 Å². The summed E-state index contributed by atoms with van der Waals surface area (Å²) in [4.78, 5) is 14.7. The molecule has 2 rings (SSSR count). The molecule has 1 aromatic heterocycles. The van der Waals surface area contributed by atoms with Crippen LogP contribution < -0.4 is 11.4 Å². The van der Waals surface area contributed by atoms with Gasteiger partial charge in [-0.1, -0.05) is 0 Å². The third-order valence-corrected chi connectivity index (χ3v) is 2.69. The summed E-state index contributed by atoms with van der Waals surface area (Å²) in [6.07, 6.45) is -3.51. The first-order valence-electron chi connectivity index (χ1n) is 4.97. The van der Waals surface area contributed by atoms with Crippen LogP contribution in [-0.2, 0) is 4.74 Å². The molecule has 0 amide bonds. The van der Waals surface area contributed by atoms with E-state index in [1.807, 2.05) is 0 Å². The predicted octanol–water partition coefficient (Wildman–Crippen LogP) is -1.40. The number of aliphatic hydroxyl groups excluding tert-OH is 2. The summed E-state index contributed by atoms with van der Waals surface area (Å²) in [5.74, 6) is -1.42. The van der Waals surface area contributed by atoms with E-state index >= 15 is 0 Å². The molecule has 0 radical (unpaired) electrons. The van der Waals surface area contributed by atoms with Gasteiger partial charge in [-0.2, -0.15) is 4.98 Å². The number of nitrogens with two attached hydrogens (primary N) is 1. The molecule has 94 valence electrons. The Morgan fingerprint density at radius 2 is 2.18 bits per heavy atom. The number of hydrogen-bond acceptors (Lipinski definition) is 6. The summed E-state index contributed by atoms with van der Waals surface area (Å²) in [6, 6.07) is 0. The summed E-state index contributed by atoms with van der Waals surface area (Å²) in [6.45, 7) is 1.53. The van der Waals surface area contributed by atoms with Gasteiger partial charge in [-0.05, 0) is 6.92 Å². The Balaban J connectivity index is 2.42. The average molecular weight is 248 g/mol. The summed E-state index contributed by atoms with van der Waals surface area (Å²) in [5, 5.41) is 19.1. The van der Waals surface area contributed by atoms with Crippen LogP contribution in [-0.4, -0.2) is 38.1 Å². The Hall–Kier alpha value is -1.51. The molecule has 8 heteroatoms. The predicted molar refractivity (Wildman–Crippen MR) is 54.5 cm³/mol. The maximum Gasteiger partial charge on any atom is 0.351 e. The lowest BCUT2D eigenvalue weighted by molar-refractivity contribution is -0.0355. The zero-order chi connectivity index (χ0) is 12.7. The second kappa shape index (κ2) is 4.06. The van der Waals surface area contributed by atoms with Gasteiger partial charge in [0, 0.05) is 0 Å². The molecule has 0 aromatic carbocycles. The van der Waals surface area contributed by atoms with Gasteiger partial charge in [0.15, 0.2) is 17.9 Å². The molecule has 7 nitrogen and oxygen atoms in total. The molecule has 1 saturated heterocycles. The molecule has 1 unspecified atom stereocenters. The van der Waals surface area contributed by atoms with Crippen LogP contribution in [0.2, 0.25) is 0 Å². The van der Waals surface area contributed by atoms with Gasteiger partial charge in [0.05, 0.1) is 12.3 Å². The first-order valence-corrected chi connectivity index (χ1v) is 4.97. The van der Waals surface area contributed by atoms with Gasteiger partial charge in [-0.15, -0.1) is 0 Å². The molecule has 17 heavy (non-hydrogen) atoms. The second-order valence-electron chi connectivity index (χ2n) is 3.88. The van der Waals surface area contributed by atoms with Crippen LogP contribution in [0.3, 0.4) is 0 Å². The molecule has 1 aliphatic rings. The van der Waals surface area contributed by atoms with E-state index in [9.17, 15) is 19.4 Å². The van der Waals surface area contributed by atoms with Crippen molar-refractivity contribution in [3.63, 3.8) is 0 Å². The molecule has 1 fully saturated rings. The van der Waals surface area contributed by atoms with Crippen molar-refractivity contribution >= 4 is 5.82 Å². The third kappa shape index (κ3) is 1.90. The van der Waals surface area contributed by atoms with Crippen LogP contribution >= 0.6 is 0 Å². The third-order valence-electron chi connectivity index (χ3n) is 2.69. The van der Waals surface area contributed by atoms with E-state index in [-0.39, 0.29) is 0 Å². The minimum absolute atomic E-state index is 0.521. The molecule has 4 N–H and O–H groups in total. The highest BCUT2D eigenvalue weighted by molar-refractivity contribution is 5.26. The highest BCUT2D eigenvalue weighted by Gasteiger charge is 2.41. The Morgan fingerprint density at radius 3 is 2.71 bits per heavy atom. The SMILES string of the molecule is C[C@H]1O[C@@H]([15n]2cc(F)c(N)[15n][13c]2=O)C(O)[C@H]1O. The standard InChI is InChI=1S/C9H12FN3O4/c1-3-5(14)6(15)8(17-3)13-2-4(10)7(11)12-9(13)16/h2-3,5-6,8,14-15H,1H3,(H2,11,12,16)/t3-,5+,6?,8-/m1/s1/i9+1,12+1,13+1. The van der Waals surface area contributed by atoms with Crippen molar-refractivity contribution in [2.75, 3.05) is 5.73 Å². The number of nitrogens with zero attached hydrogens (tertiary/aromatic N) is 2. The van der Waals surface area contributed by atoms with Crippen molar-refractivity contribution in [3.05, 3.63) is 22.5 Å². The molecular formula is C9H12FN3O4. The number of nitrogen functional groups attached to an aromatic ring is 1. The van der Waals surface area contributed by atoms with E-state index in [1.54, 1.807) is 0 Å². The molecule has 1 aromatic rings. The van der Waals surface area contributed by atoms with E-state index in [0.29, 0.717) is 0 Å². The average Bonchev–Trinajstić information content (AvgIpc) is 2.51. The Labute approximate surface area is 95.3 Å². The Morgan fingerprint density at radius 1 is 1.53 bits per heavy atom. The molecule has 1 aliphatic heterocycles. The first-order chi connectivity index (χ1) is 7.91. The fourth-order valence-electron chi connectivity index (χ4n) is 1.70. The van der Waals surface area contributed by atoms with Crippen molar-refractivity contribution < 1.29 is 19.3 Å². The molecule has 0 bridgehead atoms. The van der Waals surface area contributed by atoms with Crippen LogP contribution in [0.4, 0.5) is 10.2 Å². The van der Waals surface area contributed by atoms with Gasteiger partial charge in [0.2, 0.25) is 0 Å². The number of ether oxygens (including phenoxy) is 1. The normalized spacial score (nSPS) is 32.9. The topological polar surface area (TPSA) is 111 Å². The number of aliphatic hydroxyl groups is 2. The van der Waals surface area contributed by atoms with Crippen LogP contribution in [0, 0.1) is 5.82 Å². The van der Waals surface area contributed by atoms with Crippen LogP contribution in [0.25, 0.3) is 0 Å². The number of hydrogen-bond donors (Lipinski definition) is 3. The maximum atomic E-state index is 13.2. The van der Waals surface area contributed by atoms with E-state index in [2.05, 4.69) is 4.98 Å². The number of aromatic nitrogens is 2. The number of anilines is 1. The van der Waals surface area contributed by atoms with E-state index in [0.717, 1.165) is 10.8 Å². The van der Waals surface area contributed by atoms with Gasteiger partial charge in [-0.3, -0.25) is 4.57 Å². The van der Waals surface area contributed by atoms with E-state index in [4.69, 9.17) is 10.5 Å². The lowest BCUT2D eigenvalue weighted by atomic mass is 10.1. The fourth-order valence-corrected chi connectivity index (χ4v) is 1.70. The minimum Gasteiger partial charge on any atom is -0.388 e. The number of rotatable bonds is 1. The van der Waals surface area contributed by atoms with Crippen LogP contribution in [0.1, 0.15) is 13.2 Å². The zero-order valence-electron chi connectivity index (χ0n) is 8.95. The molecule has 2 heterocycles. The van der Waals surface area contributed by atoms with Gasteiger partial charge < -0.3 is 20.7 Å². The lowest BCUT2D eigenvalue weighted by Gasteiger charge is -2.17. The smallest absolute Gasteiger partial charge is 0.351 e. The fraction of sp³-hybridized carbons (Fsp3) is 0.556.